The molecule has 0 saturated heterocycles. The minimum atomic E-state index is 0.227. The van der Waals surface area contributed by atoms with Crippen LogP contribution in [0.3, 0.4) is 0 Å². The predicted molar refractivity (Wildman–Crippen MR) is 66.1 cm³/mol. The highest BCUT2D eigenvalue weighted by molar-refractivity contribution is 5.60. The molecule has 94 valence electrons. The second kappa shape index (κ2) is 4.84. The molecule has 1 unspecified atom stereocenters. The number of hydrogen-bond donors (Lipinski definition) is 1. The summed E-state index contributed by atoms with van der Waals surface area (Å²) in [6, 6.07) is 2.24. The molecule has 0 heterocycles. The molecule has 4 heteroatoms. The Morgan fingerprint density at radius 3 is 2.41 bits per heavy atom. The van der Waals surface area contributed by atoms with Gasteiger partial charge in [-0.2, -0.15) is 0 Å². The standard InChI is InChI=1S/C13H19NO3/c1-15-11-7-8-6-9(14)4-5-10(8)12(16-2)13(11)17-3/h7,9H,4-6,14H2,1-3H3. The van der Waals surface area contributed by atoms with E-state index in [4.69, 9.17) is 19.9 Å². The summed E-state index contributed by atoms with van der Waals surface area (Å²) in [5, 5.41) is 0. The van der Waals surface area contributed by atoms with Gasteiger partial charge in [0.1, 0.15) is 0 Å². The summed E-state index contributed by atoms with van der Waals surface area (Å²) < 4.78 is 16.2. The fourth-order valence-electron chi connectivity index (χ4n) is 2.44. The summed E-state index contributed by atoms with van der Waals surface area (Å²) in [4.78, 5) is 0. The third-order valence-corrected chi connectivity index (χ3v) is 3.27. The molecule has 0 spiro atoms. The van der Waals surface area contributed by atoms with E-state index in [1.807, 2.05) is 6.07 Å². The van der Waals surface area contributed by atoms with Gasteiger partial charge in [0.2, 0.25) is 5.75 Å². The van der Waals surface area contributed by atoms with Crippen LogP contribution in [0, 0.1) is 0 Å². The summed E-state index contributed by atoms with van der Waals surface area (Å²) in [5.41, 5.74) is 8.40. The fourth-order valence-corrected chi connectivity index (χ4v) is 2.44. The Bertz CT molecular complexity index is 418. The monoisotopic (exact) mass is 237 g/mol. The number of benzene rings is 1. The van der Waals surface area contributed by atoms with E-state index < -0.39 is 0 Å². The maximum Gasteiger partial charge on any atom is 0.203 e. The van der Waals surface area contributed by atoms with Crippen molar-refractivity contribution in [1.29, 1.82) is 0 Å². The van der Waals surface area contributed by atoms with Crippen molar-refractivity contribution in [3.8, 4) is 17.2 Å². The van der Waals surface area contributed by atoms with Gasteiger partial charge in [0.05, 0.1) is 21.3 Å². The van der Waals surface area contributed by atoms with Crippen LogP contribution in [0.25, 0.3) is 0 Å². The highest BCUT2D eigenvalue weighted by Crippen LogP contribution is 2.44. The van der Waals surface area contributed by atoms with Crippen molar-refractivity contribution in [2.45, 2.75) is 25.3 Å². The Labute approximate surface area is 102 Å². The van der Waals surface area contributed by atoms with Crippen LogP contribution in [-0.2, 0) is 12.8 Å². The zero-order valence-corrected chi connectivity index (χ0v) is 10.6. The largest absolute Gasteiger partial charge is 0.493 e. The minimum Gasteiger partial charge on any atom is -0.493 e. The Kier molecular flexibility index (Phi) is 3.43. The molecule has 0 amide bonds. The van der Waals surface area contributed by atoms with Crippen LogP contribution in [0.1, 0.15) is 17.5 Å². The SMILES string of the molecule is COc1cc2c(c(OC)c1OC)CCC(N)C2. The molecule has 1 aromatic carbocycles. The van der Waals surface area contributed by atoms with Crippen molar-refractivity contribution in [2.75, 3.05) is 21.3 Å². The number of methoxy groups -OCH3 is 3. The summed E-state index contributed by atoms with van der Waals surface area (Å²) in [6.45, 7) is 0. The topological polar surface area (TPSA) is 53.7 Å². The van der Waals surface area contributed by atoms with Crippen LogP contribution >= 0.6 is 0 Å². The number of hydrogen-bond acceptors (Lipinski definition) is 4. The van der Waals surface area contributed by atoms with Gasteiger partial charge in [-0.05, 0) is 30.9 Å². The van der Waals surface area contributed by atoms with E-state index in [1.54, 1.807) is 21.3 Å². The highest BCUT2D eigenvalue weighted by atomic mass is 16.5. The number of fused-ring (bicyclic) bond motifs is 1. The summed E-state index contributed by atoms with van der Waals surface area (Å²) in [7, 11) is 4.92. The molecule has 0 aliphatic heterocycles. The molecule has 1 atom stereocenters. The average molecular weight is 237 g/mol. The van der Waals surface area contributed by atoms with E-state index in [2.05, 4.69) is 0 Å². The lowest BCUT2D eigenvalue weighted by Gasteiger charge is -2.25. The molecule has 17 heavy (non-hydrogen) atoms. The molecule has 4 nitrogen and oxygen atoms in total. The van der Waals surface area contributed by atoms with E-state index in [-0.39, 0.29) is 6.04 Å². The van der Waals surface area contributed by atoms with Crippen molar-refractivity contribution in [3.05, 3.63) is 17.2 Å². The Morgan fingerprint density at radius 2 is 1.82 bits per heavy atom. The molecule has 0 saturated carbocycles. The van der Waals surface area contributed by atoms with Crippen molar-refractivity contribution in [1.82, 2.24) is 0 Å². The summed E-state index contributed by atoms with van der Waals surface area (Å²) in [5.74, 6) is 2.16. The van der Waals surface area contributed by atoms with E-state index in [1.165, 1.54) is 11.1 Å². The number of nitrogens with two attached hydrogens (primary N) is 1. The maximum absolute atomic E-state index is 5.99. The molecule has 1 aromatic rings. The molecule has 2 rings (SSSR count). The zero-order chi connectivity index (χ0) is 12.4. The summed E-state index contributed by atoms with van der Waals surface area (Å²) in [6.07, 6.45) is 2.78. The number of rotatable bonds is 3. The van der Waals surface area contributed by atoms with Gasteiger partial charge in [-0.15, -0.1) is 0 Å². The lowest BCUT2D eigenvalue weighted by atomic mass is 9.87. The third-order valence-electron chi connectivity index (χ3n) is 3.27. The maximum atomic E-state index is 5.99. The smallest absolute Gasteiger partial charge is 0.203 e. The molecule has 0 aromatic heterocycles. The third kappa shape index (κ3) is 2.05. The molecule has 1 aliphatic carbocycles. The second-order valence-corrected chi connectivity index (χ2v) is 4.29. The first kappa shape index (κ1) is 12.0. The van der Waals surface area contributed by atoms with Crippen LogP contribution in [0.4, 0.5) is 0 Å². The Morgan fingerprint density at radius 1 is 1.12 bits per heavy atom. The predicted octanol–water partition coefficient (Wildman–Crippen LogP) is 1.53. The molecular weight excluding hydrogens is 218 g/mol. The first-order valence-electron chi connectivity index (χ1n) is 5.77. The minimum absolute atomic E-state index is 0.227. The van der Waals surface area contributed by atoms with Crippen LogP contribution in [0.2, 0.25) is 0 Å². The van der Waals surface area contributed by atoms with Gasteiger partial charge in [-0.1, -0.05) is 0 Å². The van der Waals surface area contributed by atoms with Gasteiger partial charge >= 0.3 is 0 Å². The van der Waals surface area contributed by atoms with E-state index in [0.717, 1.165) is 25.0 Å². The fraction of sp³-hybridized carbons (Fsp3) is 0.538. The van der Waals surface area contributed by atoms with Gasteiger partial charge in [0, 0.05) is 11.6 Å². The molecule has 0 fully saturated rings. The first-order chi connectivity index (χ1) is 8.21. The van der Waals surface area contributed by atoms with E-state index in [9.17, 15) is 0 Å². The van der Waals surface area contributed by atoms with Crippen molar-refractivity contribution in [3.63, 3.8) is 0 Å². The van der Waals surface area contributed by atoms with Crippen molar-refractivity contribution >= 4 is 0 Å². The first-order valence-corrected chi connectivity index (χ1v) is 5.77. The van der Waals surface area contributed by atoms with Gasteiger partial charge < -0.3 is 19.9 Å². The molecule has 0 radical (unpaired) electrons. The van der Waals surface area contributed by atoms with Crippen molar-refractivity contribution in [2.24, 2.45) is 5.73 Å². The quantitative estimate of drug-likeness (QED) is 0.866. The normalized spacial score (nSPS) is 18.5. The molecule has 0 bridgehead atoms. The lowest BCUT2D eigenvalue weighted by Crippen LogP contribution is -2.28. The Hall–Kier alpha value is -1.42. The van der Waals surface area contributed by atoms with Gasteiger partial charge in [-0.3, -0.25) is 0 Å². The zero-order valence-electron chi connectivity index (χ0n) is 10.6. The van der Waals surface area contributed by atoms with Crippen LogP contribution in [0.5, 0.6) is 17.2 Å². The molecule has 1 aliphatic rings. The van der Waals surface area contributed by atoms with Gasteiger partial charge in [0.15, 0.2) is 11.5 Å². The summed E-state index contributed by atoms with van der Waals surface area (Å²) >= 11 is 0. The van der Waals surface area contributed by atoms with Gasteiger partial charge in [-0.25, -0.2) is 0 Å². The Balaban J connectivity index is 2.57. The molecular formula is C13H19NO3. The van der Waals surface area contributed by atoms with E-state index in [0.29, 0.717) is 11.5 Å². The lowest BCUT2D eigenvalue weighted by molar-refractivity contribution is 0.319. The molecule has 2 N–H and O–H groups in total. The van der Waals surface area contributed by atoms with Crippen LogP contribution in [0.15, 0.2) is 6.07 Å². The van der Waals surface area contributed by atoms with Crippen LogP contribution in [-0.4, -0.2) is 27.4 Å². The highest BCUT2D eigenvalue weighted by Gasteiger charge is 2.24. The van der Waals surface area contributed by atoms with E-state index >= 15 is 0 Å². The number of ether oxygens (including phenoxy) is 3. The van der Waals surface area contributed by atoms with Crippen molar-refractivity contribution < 1.29 is 14.2 Å². The van der Waals surface area contributed by atoms with Crippen LogP contribution < -0.4 is 19.9 Å². The average Bonchev–Trinajstić information content (AvgIpc) is 2.35. The second-order valence-electron chi connectivity index (χ2n) is 4.29. The van der Waals surface area contributed by atoms with Gasteiger partial charge in [0.25, 0.3) is 0 Å².